The minimum atomic E-state index is -1.98. The summed E-state index contributed by atoms with van der Waals surface area (Å²) < 4.78 is 23.8. The molecule has 0 unspecified atom stereocenters. The van der Waals surface area contributed by atoms with Crippen molar-refractivity contribution < 1.29 is 74.2 Å². The highest BCUT2D eigenvalue weighted by atomic mass is 16.8. The van der Waals surface area contributed by atoms with Crippen LogP contribution in [-0.4, -0.2) is 133 Å². The average molecular weight is 809 g/mol. The maximum atomic E-state index is 14.8. The molecule has 2 aliphatic heterocycles. The Kier molecular flexibility index (Phi) is 10.8. The number of hydrogen-bond donors (Lipinski definition) is 8. The lowest BCUT2D eigenvalue weighted by atomic mass is 9.33. The van der Waals surface area contributed by atoms with Crippen molar-refractivity contribution in [2.24, 2.45) is 50.2 Å². The fourth-order valence-corrected chi connectivity index (χ4v) is 13.4. The summed E-state index contributed by atoms with van der Waals surface area (Å²) in [6.07, 6.45) is -9.82. The molecule has 0 amide bonds. The predicted octanol–water partition coefficient (Wildman–Crippen LogP) is 2.15. The molecule has 19 atom stereocenters. The summed E-state index contributed by atoms with van der Waals surface area (Å²) in [6.45, 7) is 14.3. The lowest BCUT2D eigenvalue weighted by Gasteiger charge is -2.70. The van der Waals surface area contributed by atoms with Gasteiger partial charge >= 0.3 is 11.9 Å². The molecule has 7 rings (SSSR count). The molecule has 6 fully saturated rings. The zero-order valence-corrected chi connectivity index (χ0v) is 34.2. The molecule has 0 spiro atoms. The van der Waals surface area contributed by atoms with E-state index in [1.807, 2.05) is 13.0 Å². The third kappa shape index (κ3) is 6.31. The standard InChI is InChI=1S/C42H64O15/c1-37(2)23-8-11-42(7)32(21(44)16-19-20-17-39(4,36(52)53)13-12-38(20,3)14-15-41(19,42)6)40(23,5)10-9-24(37)55-35-31(28(48)27(47)30(56-35)33(50)51)57-34-29(49)26(46)25(45)22(18-43)54-34/h16,20,22-32,34-35,43,45-49H,8-15,17-18H2,1-7H3,(H,50,51)(H,52,53)/t20-,22+,23-,24-,25-,26-,27-,28-,29+,30-,31+,32+,34-,35-,38+,39-,40-,41+,42+/m0/s1. The van der Waals surface area contributed by atoms with Crippen LogP contribution in [0.1, 0.15) is 106 Å². The van der Waals surface area contributed by atoms with Gasteiger partial charge in [0, 0.05) is 5.92 Å². The number of carboxylic acid groups (broad SMARTS) is 2. The number of hydrogen-bond acceptors (Lipinski definition) is 13. The minimum absolute atomic E-state index is 0.00364. The lowest BCUT2D eigenvalue weighted by molar-refractivity contribution is -0.374. The molecule has 0 radical (unpaired) electrons. The molecule has 5 aliphatic carbocycles. The lowest BCUT2D eigenvalue weighted by Crippen LogP contribution is -2.68. The van der Waals surface area contributed by atoms with E-state index in [4.69, 9.17) is 18.9 Å². The van der Waals surface area contributed by atoms with Crippen molar-refractivity contribution in [3.8, 4) is 0 Å². The molecule has 7 aliphatic rings. The second kappa shape index (κ2) is 14.3. The van der Waals surface area contributed by atoms with Crippen molar-refractivity contribution in [3.05, 3.63) is 11.6 Å². The Morgan fingerprint density at radius 1 is 0.772 bits per heavy atom. The van der Waals surface area contributed by atoms with E-state index in [1.165, 1.54) is 0 Å². The summed E-state index contributed by atoms with van der Waals surface area (Å²) in [4.78, 5) is 39.5. The normalized spacial score (nSPS) is 53.4. The van der Waals surface area contributed by atoms with Crippen LogP contribution in [-0.2, 0) is 33.3 Å². The highest BCUT2D eigenvalue weighted by Gasteiger charge is 2.71. The average Bonchev–Trinajstić information content (AvgIpc) is 3.13. The number of fused-ring (bicyclic) bond motifs is 7. The predicted molar refractivity (Wildman–Crippen MR) is 199 cm³/mol. The molecule has 4 saturated carbocycles. The molecule has 15 nitrogen and oxygen atoms in total. The summed E-state index contributed by atoms with van der Waals surface area (Å²) in [5.74, 6) is -2.63. The number of carbonyl (C=O) groups excluding carboxylic acids is 1. The monoisotopic (exact) mass is 808 g/mol. The number of aliphatic carboxylic acids is 2. The van der Waals surface area contributed by atoms with Crippen LogP contribution >= 0.6 is 0 Å². The third-order valence-corrected chi connectivity index (χ3v) is 17.3. The molecular formula is C42H64O15. The first kappa shape index (κ1) is 43.1. The second-order valence-corrected chi connectivity index (χ2v) is 20.6. The number of carbonyl (C=O) groups is 3. The molecule has 15 heteroatoms. The van der Waals surface area contributed by atoms with Crippen LogP contribution in [0.15, 0.2) is 11.6 Å². The molecule has 0 aromatic rings. The number of aliphatic hydroxyl groups is 6. The van der Waals surface area contributed by atoms with Crippen LogP contribution in [0.4, 0.5) is 0 Å². The summed E-state index contributed by atoms with van der Waals surface area (Å²) >= 11 is 0. The van der Waals surface area contributed by atoms with E-state index in [-0.39, 0.29) is 34.4 Å². The topological polar surface area (TPSA) is 250 Å². The molecule has 2 saturated heterocycles. The quantitative estimate of drug-likeness (QED) is 0.172. The molecule has 0 aromatic heterocycles. The van der Waals surface area contributed by atoms with Gasteiger partial charge in [0.2, 0.25) is 0 Å². The van der Waals surface area contributed by atoms with E-state index in [9.17, 15) is 55.2 Å². The van der Waals surface area contributed by atoms with Crippen molar-refractivity contribution in [2.45, 2.75) is 174 Å². The van der Waals surface area contributed by atoms with Crippen molar-refractivity contribution in [3.63, 3.8) is 0 Å². The van der Waals surface area contributed by atoms with E-state index >= 15 is 0 Å². The van der Waals surface area contributed by atoms with Gasteiger partial charge in [-0.05, 0) is 110 Å². The summed E-state index contributed by atoms with van der Waals surface area (Å²) in [5.41, 5.74) is -1.63. The van der Waals surface area contributed by atoms with E-state index in [2.05, 4.69) is 41.5 Å². The van der Waals surface area contributed by atoms with Crippen LogP contribution in [0.25, 0.3) is 0 Å². The Bertz CT molecular complexity index is 1650. The number of rotatable bonds is 7. The van der Waals surface area contributed by atoms with Gasteiger partial charge in [-0.3, -0.25) is 9.59 Å². The second-order valence-electron chi connectivity index (χ2n) is 20.6. The van der Waals surface area contributed by atoms with Gasteiger partial charge < -0.3 is 59.8 Å². The molecule has 0 bridgehead atoms. The van der Waals surface area contributed by atoms with Crippen molar-refractivity contribution in [1.82, 2.24) is 0 Å². The number of allylic oxidation sites excluding steroid dienone is 2. The maximum absolute atomic E-state index is 14.8. The Labute approximate surface area is 333 Å². The molecule has 0 aromatic carbocycles. The van der Waals surface area contributed by atoms with Crippen LogP contribution < -0.4 is 0 Å². The Morgan fingerprint density at radius 2 is 1.44 bits per heavy atom. The van der Waals surface area contributed by atoms with Crippen LogP contribution in [0, 0.1) is 50.2 Å². The number of aliphatic hydroxyl groups excluding tert-OH is 6. The van der Waals surface area contributed by atoms with E-state index in [1.54, 1.807) is 0 Å². The van der Waals surface area contributed by atoms with E-state index in [0.717, 1.165) is 37.7 Å². The SMILES string of the molecule is CC1(C)[C@@H](O[C@H]2O[C@H](C(=O)O)[C@@H](O)[C@H](O)[C@H]2O[C@@H]2O[C@H](CO)[C@H](O)[C@H](O)[C@H]2O)CC[C@]2(C)[C@H]3C(=O)C=C4[C@@H]5C[C@@](C)(C(=O)O)CC[C@]5(C)CC[C@@]4(C)[C@]3(C)CC[C@@H]12. The Hall–Kier alpha value is -2.05. The Balaban J connectivity index is 1.17. The molecule has 322 valence electrons. The molecular weight excluding hydrogens is 744 g/mol. The van der Waals surface area contributed by atoms with Gasteiger partial charge in [0.1, 0.15) is 42.7 Å². The number of ketones is 1. The van der Waals surface area contributed by atoms with Crippen LogP contribution in [0.5, 0.6) is 0 Å². The highest BCUT2D eigenvalue weighted by molar-refractivity contribution is 5.95. The van der Waals surface area contributed by atoms with Gasteiger partial charge in [0.15, 0.2) is 24.5 Å². The zero-order chi connectivity index (χ0) is 42.0. The Morgan fingerprint density at radius 3 is 2.07 bits per heavy atom. The fourth-order valence-electron chi connectivity index (χ4n) is 13.4. The van der Waals surface area contributed by atoms with Gasteiger partial charge in [-0.25, -0.2) is 4.79 Å². The van der Waals surface area contributed by atoms with Crippen molar-refractivity contribution >= 4 is 17.7 Å². The van der Waals surface area contributed by atoms with Crippen molar-refractivity contribution in [1.29, 1.82) is 0 Å². The molecule has 8 N–H and O–H groups in total. The summed E-state index contributed by atoms with van der Waals surface area (Å²) in [6, 6.07) is 0. The smallest absolute Gasteiger partial charge is 0.335 e. The fraction of sp³-hybridized carbons (Fsp3) is 0.881. The number of ether oxygens (including phenoxy) is 4. The van der Waals surface area contributed by atoms with Gasteiger partial charge in [0.25, 0.3) is 0 Å². The van der Waals surface area contributed by atoms with Gasteiger partial charge in [0.05, 0.1) is 18.1 Å². The molecule has 57 heavy (non-hydrogen) atoms. The minimum Gasteiger partial charge on any atom is -0.481 e. The van der Waals surface area contributed by atoms with Gasteiger partial charge in [-0.15, -0.1) is 0 Å². The van der Waals surface area contributed by atoms with Crippen LogP contribution in [0.2, 0.25) is 0 Å². The zero-order valence-electron chi connectivity index (χ0n) is 34.2. The van der Waals surface area contributed by atoms with Crippen LogP contribution in [0.3, 0.4) is 0 Å². The molecule has 2 heterocycles. The van der Waals surface area contributed by atoms with E-state index < -0.39 is 108 Å². The largest absolute Gasteiger partial charge is 0.481 e. The van der Waals surface area contributed by atoms with E-state index in [0.29, 0.717) is 25.7 Å². The summed E-state index contributed by atoms with van der Waals surface area (Å²) in [5, 5.41) is 83.3. The first-order valence-corrected chi connectivity index (χ1v) is 20.8. The van der Waals surface area contributed by atoms with Gasteiger partial charge in [-0.2, -0.15) is 0 Å². The first-order chi connectivity index (χ1) is 26.4. The van der Waals surface area contributed by atoms with Gasteiger partial charge in [-0.1, -0.05) is 47.1 Å². The first-order valence-electron chi connectivity index (χ1n) is 20.8. The number of carboxylic acids is 2. The third-order valence-electron chi connectivity index (χ3n) is 17.3. The highest BCUT2D eigenvalue weighted by Crippen LogP contribution is 2.75. The summed E-state index contributed by atoms with van der Waals surface area (Å²) in [7, 11) is 0. The van der Waals surface area contributed by atoms with Crippen molar-refractivity contribution in [2.75, 3.05) is 6.61 Å². The maximum Gasteiger partial charge on any atom is 0.335 e.